The fourth-order valence-electron chi connectivity index (χ4n) is 4.68. The Morgan fingerprint density at radius 2 is 1.48 bits per heavy atom. The third-order valence-electron chi connectivity index (χ3n) is 6.19. The standard InChI is InChI=1S/C23H38N4/c1-16-14-17(2)22(18(3)15-16)27-23(25-19-10-6-4-5-7-11-19)26-21-13-9-8-12-20(21)24/h14-15,19-21H,4-13,24H2,1-3H3,(H2,25,26,27)/t20-,21-/m0/s1. The first kappa shape index (κ1) is 20.2. The Labute approximate surface area is 165 Å². The summed E-state index contributed by atoms with van der Waals surface area (Å²) in [5.41, 5.74) is 11.4. The molecule has 4 N–H and O–H groups in total. The molecule has 1 aromatic carbocycles. The van der Waals surface area contributed by atoms with Crippen LogP contribution in [0, 0.1) is 20.8 Å². The van der Waals surface area contributed by atoms with Gasteiger partial charge in [0.25, 0.3) is 0 Å². The van der Waals surface area contributed by atoms with E-state index in [9.17, 15) is 0 Å². The Bertz CT molecular complexity index is 621. The highest BCUT2D eigenvalue weighted by Crippen LogP contribution is 2.24. The summed E-state index contributed by atoms with van der Waals surface area (Å²) in [6.45, 7) is 6.51. The molecule has 2 aliphatic carbocycles. The SMILES string of the molecule is Cc1cc(C)c(NC(=N[C@H]2CCCC[C@@H]2N)NC2CCCCCC2)c(C)c1. The molecule has 0 amide bonds. The lowest BCUT2D eigenvalue weighted by atomic mass is 9.91. The first-order valence-electron chi connectivity index (χ1n) is 11.0. The summed E-state index contributed by atoms with van der Waals surface area (Å²) < 4.78 is 0. The van der Waals surface area contributed by atoms with Gasteiger partial charge < -0.3 is 16.4 Å². The van der Waals surface area contributed by atoms with E-state index >= 15 is 0 Å². The van der Waals surface area contributed by atoms with E-state index in [4.69, 9.17) is 10.7 Å². The van der Waals surface area contributed by atoms with E-state index in [1.54, 1.807) is 0 Å². The van der Waals surface area contributed by atoms with Crippen LogP contribution < -0.4 is 16.4 Å². The highest BCUT2D eigenvalue weighted by Gasteiger charge is 2.23. The summed E-state index contributed by atoms with van der Waals surface area (Å²) in [6, 6.07) is 5.41. The zero-order chi connectivity index (χ0) is 19.2. The van der Waals surface area contributed by atoms with Crippen molar-refractivity contribution in [1.82, 2.24) is 5.32 Å². The fraction of sp³-hybridized carbons (Fsp3) is 0.696. The lowest BCUT2D eigenvalue weighted by molar-refractivity contribution is 0.385. The molecule has 4 heteroatoms. The molecular weight excluding hydrogens is 332 g/mol. The highest BCUT2D eigenvalue weighted by molar-refractivity contribution is 5.95. The van der Waals surface area contributed by atoms with Gasteiger partial charge in [-0.2, -0.15) is 0 Å². The van der Waals surface area contributed by atoms with Gasteiger partial charge in [-0.15, -0.1) is 0 Å². The smallest absolute Gasteiger partial charge is 0.196 e. The Hall–Kier alpha value is -1.55. The molecular formula is C23H38N4. The zero-order valence-corrected chi connectivity index (χ0v) is 17.5. The summed E-state index contributed by atoms with van der Waals surface area (Å²) in [7, 11) is 0. The van der Waals surface area contributed by atoms with Crippen molar-refractivity contribution >= 4 is 11.6 Å². The van der Waals surface area contributed by atoms with E-state index in [2.05, 4.69) is 43.5 Å². The van der Waals surface area contributed by atoms with Gasteiger partial charge in [0, 0.05) is 17.8 Å². The second-order valence-electron chi connectivity index (χ2n) is 8.72. The monoisotopic (exact) mass is 370 g/mol. The van der Waals surface area contributed by atoms with Gasteiger partial charge in [-0.25, -0.2) is 4.99 Å². The van der Waals surface area contributed by atoms with E-state index in [-0.39, 0.29) is 12.1 Å². The van der Waals surface area contributed by atoms with Crippen LogP contribution in [0.25, 0.3) is 0 Å². The van der Waals surface area contributed by atoms with E-state index in [0.717, 1.165) is 18.8 Å². The number of rotatable bonds is 3. The van der Waals surface area contributed by atoms with E-state index in [0.29, 0.717) is 6.04 Å². The lowest BCUT2D eigenvalue weighted by Crippen LogP contribution is -2.43. The van der Waals surface area contributed by atoms with Crippen molar-refractivity contribution in [2.75, 3.05) is 5.32 Å². The molecule has 150 valence electrons. The maximum absolute atomic E-state index is 6.40. The van der Waals surface area contributed by atoms with Crippen LogP contribution in [-0.4, -0.2) is 24.1 Å². The van der Waals surface area contributed by atoms with Crippen LogP contribution in [0.1, 0.15) is 80.9 Å². The van der Waals surface area contributed by atoms with Crippen LogP contribution in [0.5, 0.6) is 0 Å². The van der Waals surface area contributed by atoms with Crippen LogP contribution in [0.2, 0.25) is 0 Å². The second kappa shape index (κ2) is 9.59. The lowest BCUT2D eigenvalue weighted by Gasteiger charge is -2.28. The van der Waals surface area contributed by atoms with Crippen molar-refractivity contribution in [3.05, 3.63) is 28.8 Å². The Morgan fingerprint density at radius 3 is 2.11 bits per heavy atom. The first-order chi connectivity index (χ1) is 13.0. The molecule has 1 aromatic rings. The number of nitrogens with one attached hydrogen (secondary N) is 2. The maximum atomic E-state index is 6.40. The minimum Gasteiger partial charge on any atom is -0.353 e. The minimum atomic E-state index is 0.187. The van der Waals surface area contributed by atoms with Crippen LogP contribution in [0.4, 0.5) is 5.69 Å². The number of guanidine groups is 1. The van der Waals surface area contributed by atoms with Crippen LogP contribution in [0.15, 0.2) is 17.1 Å². The molecule has 2 saturated carbocycles. The number of aryl methyl sites for hydroxylation is 3. The first-order valence-corrected chi connectivity index (χ1v) is 11.0. The predicted octanol–water partition coefficient (Wildman–Crippen LogP) is 4.96. The molecule has 0 aliphatic heterocycles. The van der Waals surface area contributed by atoms with E-state index < -0.39 is 0 Å². The molecule has 0 heterocycles. The molecule has 2 fully saturated rings. The molecule has 2 aliphatic rings. The van der Waals surface area contributed by atoms with Gasteiger partial charge in [0.2, 0.25) is 0 Å². The number of nitrogens with zero attached hydrogens (tertiary/aromatic N) is 1. The summed E-state index contributed by atoms with van der Waals surface area (Å²) in [5.74, 6) is 0.930. The number of anilines is 1. The molecule has 2 atom stereocenters. The zero-order valence-electron chi connectivity index (χ0n) is 17.5. The largest absolute Gasteiger partial charge is 0.353 e. The summed E-state index contributed by atoms with van der Waals surface area (Å²) in [6.07, 6.45) is 12.5. The minimum absolute atomic E-state index is 0.187. The van der Waals surface area contributed by atoms with Crippen molar-refractivity contribution < 1.29 is 0 Å². The molecule has 27 heavy (non-hydrogen) atoms. The van der Waals surface area contributed by atoms with Gasteiger partial charge in [-0.3, -0.25) is 0 Å². The van der Waals surface area contributed by atoms with Gasteiger partial charge in [0.15, 0.2) is 5.96 Å². The number of benzene rings is 1. The Kier molecular flexibility index (Phi) is 7.17. The van der Waals surface area contributed by atoms with Gasteiger partial charge in [0.05, 0.1) is 6.04 Å². The average molecular weight is 371 g/mol. The summed E-state index contributed by atoms with van der Waals surface area (Å²) in [4.78, 5) is 5.11. The maximum Gasteiger partial charge on any atom is 0.196 e. The highest BCUT2D eigenvalue weighted by atomic mass is 15.2. The number of nitrogens with two attached hydrogens (primary N) is 1. The van der Waals surface area contributed by atoms with Crippen molar-refractivity contribution in [2.45, 2.75) is 103 Å². The van der Waals surface area contributed by atoms with Gasteiger partial charge >= 0.3 is 0 Å². The van der Waals surface area contributed by atoms with Crippen LogP contribution in [-0.2, 0) is 0 Å². The van der Waals surface area contributed by atoms with E-state index in [1.165, 1.54) is 73.7 Å². The molecule has 3 rings (SSSR count). The number of hydrogen-bond donors (Lipinski definition) is 3. The van der Waals surface area contributed by atoms with Crippen molar-refractivity contribution in [1.29, 1.82) is 0 Å². The Balaban J connectivity index is 1.82. The van der Waals surface area contributed by atoms with Crippen molar-refractivity contribution in [3.8, 4) is 0 Å². The molecule has 0 saturated heterocycles. The molecule has 0 bridgehead atoms. The fourth-order valence-corrected chi connectivity index (χ4v) is 4.68. The molecule has 0 unspecified atom stereocenters. The van der Waals surface area contributed by atoms with Crippen LogP contribution in [0.3, 0.4) is 0 Å². The summed E-state index contributed by atoms with van der Waals surface area (Å²) >= 11 is 0. The number of aliphatic imine (C=N–C) groups is 1. The molecule has 0 spiro atoms. The quantitative estimate of drug-likeness (QED) is 0.400. The van der Waals surface area contributed by atoms with E-state index in [1.807, 2.05) is 0 Å². The topological polar surface area (TPSA) is 62.4 Å². The third kappa shape index (κ3) is 5.71. The van der Waals surface area contributed by atoms with Crippen molar-refractivity contribution in [3.63, 3.8) is 0 Å². The van der Waals surface area contributed by atoms with Crippen LogP contribution >= 0.6 is 0 Å². The third-order valence-corrected chi connectivity index (χ3v) is 6.19. The molecule has 0 radical (unpaired) electrons. The van der Waals surface area contributed by atoms with Gasteiger partial charge in [0.1, 0.15) is 0 Å². The predicted molar refractivity (Wildman–Crippen MR) is 117 cm³/mol. The van der Waals surface area contributed by atoms with Crippen molar-refractivity contribution in [2.24, 2.45) is 10.7 Å². The average Bonchev–Trinajstić information content (AvgIpc) is 2.88. The van der Waals surface area contributed by atoms with Gasteiger partial charge in [-0.05, 0) is 57.6 Å². The number of hydrogen-bond acceptors (Lipinski definition) is 2. The normalized spacial score (nSPS) is 25.1. The molecule has 0 aromatic heterocycles. The Morgan fingerprint density at radius 1 is 0.889 bits per heavy atom. The van der Waals surface area contributed by atoms with Gasteiger partial charge in [-0.1, -0.05) is 56.2 Å². The molecule has 4 nitrogen and oxygen atoms in total. The second-order valence-corrected chi connectivity index (χ2v) is 8.72. The summed E-state index contributed by atoms with van der Waals surface area (Å²) in [5, 5.41) is 7.43.